The average Bonchev–Trinajstić information content (AvgIpc) is 2.15. The third-order valence-electron chi connectivity index (χ3n) is 2.83. The summed E-state index contributed by atoms with van der Waals surface area (Å²) in [5, 5.41) is 2.90. The molecule has 1 fully saturated rings. The summed E-state index contributed by atoms with van der Waals surface area (Å²) in [6.07, 6.45) is 4.06. The summed E-state index contributed by atoms with van der Waals surface area (Å²) in [5.41, 5.74) is 0. The lowest BCUT2D eigenvalue weighted by atomic mass is 9.89. The third-order valence-corrected chi connectivity index (χ3v) is 2.83. The molecule has 0 radical (unpaired) electrons. The van der Waals surface area contributed by atoms with Gasteiger partial charge in [-0.25, -0.2) is 8.78 Å². The third kappa shape index (κ3) is 4.03. The van der Waals surface area contributed by atoms with Gasteiger partial charge in [0, 0.05) is 0 Å². The van der Waals surface area contributed by atoms with Gasteiger partial charge in [-0.1, -0.05) is 19.3 Å². The largest absolute Gasteiger partial charge is 0.309 e. The minimum absolute atomic E-state index is 0.634. The molecule has 0 heterocycles. The van der Waals surface area contributed by atoms with Crippen LogP contribution in [0.25, 0.3) is 0 Å². The van der Waals surface area contributed by atoms with E-state index in [4.69, 9.17) is 0 Å². The minimum atomic E-state index is -2.23. The van der Waals surface area contributed by atoms with E-state index >= 15 is 0 Å². The maximum absolute atomic E-state index is 12.1. The molecule has 1 N–H and O–H groups in total. The van der Waals surface area contributed by atoms with Crippen LogP contribution in [0.5, 0.6) is 0 Å². The normalized spacial score (nSPS) is 22.2. The topological polar surface area (TPSA) is 12.0 Å². The van der Waals surface area contributed by atoms with E-state index in [-0.39, 0.29) is 0 Å². The van der Waals surface area contributed by atoms with E-state index < -0.39 is 12.5 Å². The Morgan fingerprint density at radius 3 is 2.38 bits per heavy atom. The van der Waals surface area contributed by atoms with Gasteiger partial charge in [0.1, 0.15) is 0 Å². The van der Waals surface area contributed by atoms with Crippen LogP contribution in [0, 0.1) is 5.92 Å². The number of alkyl halides is 2. The summed E-state index contributed by atoms with van der Waals surface area (Å²) < 4.78 is 24.2. The number of nitrogens with one attached hydrogen (secondary N) is 1. The van der Waals surface area contributed by atoms with Crippen molar-refractivity contribution in [1.82, 2.24) is 5.32 Å². The Labute approximate surface area is 78.9 Å². The number of hydrogen-bond acceptors (Lipinski definition) is 1. The van der Waals surface area contributed by atoms with E-state index in [1.54, 1.807) is 6.92 Å². The van der Waals surface area contributed by atoms with Crippen molar-refractivity contribution in [3.8, 4) is 0 Å². The zero-order valence-corrected chi connectivity index (χ0v) is 8.23. The smallest absolute Gasteiger partial charge is 0.253 e. The van der Waals surface area contributed by atoms with E-state index in [0.717, 1.165) is 6.54 Å². The van der Waals surface area contributed by atoms with Crippen LogP contribution in [-0.4, -0.2) is 19.0 Å². The van der Waals surface area contributed by atoms with Crippen molar-refractivity contribution >= 4 is 0 Å². The Morgan fingerprint density at radius 2 is 1.85 bits per heavy atom. The fourth-order valence-corrected chi connectivity index (χ4v) is 1.83. The van der Waals surface area contributed by atoms with Gasteiger partial charge in [-0.05, 0) is 32.2 Å². The van der Waals surface area contributed by atoms with Gasteiger partial charge in [0.2, 0.25) is 0 Å². The van der Waals surface area contributed by atoms with E-state index in [2.05, 4.69) is 5.32 Å². The van der Waals surface area contributed by atoms with Crippen LogP contribution in [0.2, 0.25) is 0 Å². The highest BCUT2D eigenvalue weighted by molar-refractivity contribution is 4.71. The molecule has 0 aromatic carbocycles. The molecule has 0 amide bonds. The first-order chi connectivity index (χ1) is 6.20. The Morgan fingerprint density at radius 1 is 1.23 bits per heavy atom. The summed E-state index contributed by atoms with van der Waals surface area (Å²) >= 11 is 0. The fraction of sp³-hybridized carbons (Fsp3) is 1.00. The standard InChI is InChI=1S/C10H19F2N/c1-8(10(11)12)13-7-9-5-3-2-4-6-9/h8-10,13H,2-7H2,1H3. The number of halogens is 2. The van der Waals surface area contributed by atoms with E-state index in [0.29, 0.717) is 5.92 Å². The van der Waals surface area contributed by atoms with Crippen molar-refractivity contribution < 1.29 is 8.78 Å². The van der Waals surface area contributed by atoms with Gasteiger partial charge in [-0.15, -0.1) is 0 Å². The molecule has 0 aromatic heterocycles. The Hall–Kier alpha value is -0.180. The second-order valence-electron chi connectivity index (χ2n) is 4.04. The van der Waals surface area contributed by atoms with Gasteiger partial charge >= 0.3 is 0 Å². The Kier molecular flexibility index (Phi) is 4.64. The van der Waals surface area contributed by atoms with Gasteiger partial charge < -0.3 is 5.32 Å². The molecule has 3 heteroatoms. The fourth-order valence-electron chi connectivity index (χ4n) is 1.83. The van der Waals surface area contributed by atoms with Gasteiger partial charge in [-0.2, -0.15) is 0 Å². The Balaban J connectivity index is 2.10. The van der Waals surface area contributed by atoms with Gasteiger partial charge in [0.05, 0.1) is 6.04 Å². The highest BCUT2D eigenvalue weighted by Gasteiger charge is 2.17. The van der Waals surface area contributed by atoms with Crippen LogP contribution in [0.4, 0.5) is 8.78 Å². The molecule has 78 valence electrons. The molecular formula is C10H19F2N. The maximum atomic E-state index is 12.1. The second kappa shape index (κ2) is 5.53. The van der Waals surface area contributed by atoms with Crippen molar-refractivity contribution in [1.29, 1.82) is 0 Å². The van der Waals surface area contributed by atoms with Gasteiger partial charge in [0.25, 0.3) is 6.43 Å². The van der Waals surface area contributed by atoms with Crippen molar-refractivity contribution in [2.75, 3.05) is 6.54 Å². The predicted molar refractivity (Wildman–Crippen MR) is 50.0 cm³/mol. The molecule has 0 aliphatic heterocycles. The molecule has 0 saturated heterocycles. The first-order valence-corrected chi connectivity index (χ1v) is 5.21. The monoisotopic (exact) mass is 191 g/mol. The summed E-state index contributed by atoms with van der Waals surface area (Å²) in [7, 11) is 0. The van der Waals surface area contributed by atoms with E-state index in [1.165, 1.54) is 32.1 Å². The molecule has 13 heavy (non-hydrogen) atoms. The van der Waals surface area contributed by atoms with Crippen LogP contribution in [-0.2, 0) is 0 Å². The molecule has 1 unspecified atom stereocenters. The van der Waals surface area contributed by atoms with Crippen LogP contribution >= 0.6 is 0 Å². The first kappa shape index (κ1) is 10.9. The predicted octanol–water partition coefficient (Wildman–Crippen LogP) is 2.81. The SMILES string of the molecule is CC(NCC1CCCCC1)C(F)F. The highest BCUT2D eigenvalue weighted by Crippen LogP contribution is 2.22. The van der Waals surface area contributed by atoms with Gasteiger partial charge in [-0.3, -0.25) is 0 Å². The van der Waals surface area contributed by atoms with Crippen LogP contribution < -0.4 is 5.32 Å². The average molecular weight is 191 g/mol. The maximum Gasteiger partial charge on any atom is 0.253 e. The number of hydrogen-bond donors (Lipinski definition) is 1. The molecule has 0 spiro atoms. The van der Waals surface area contributed by atoms with E-state index in [9.17, 15) is 8.78 Å². The first-order valence-electron chi connectivity index (χ1n) is 5.21. The quantitative estimate of drug-likeness (QED) is 0.720. The van der Waals surface area contributed by atoms with Crippen molar-refractivity contribution in [3.63, 3.8) is 0 Å². The summed E-state index contributed by atoms with van der Waals surface area (Å²) in [6.45, 7) is 2.32. The lowest BCUT2D eigenvalue weighted by molar-refractivity contribution is 0.102. The highest BCUT2D eigenvalue weighted by atomic mass is 19.3. The second-order valence-corrected chi connectivity index (χ2v) is 4.04. The van der Waals surface area contributed by atoms with Crippen LogP contribution in [0.3, 0.4) is 0 Å². The summed E-state index contributed by atoms with van der Waals surface area (Å²) in [4.78, 5) is 0. The van der Waals surface area contributed by atoms with Crippen LogP contribution in [0.1, 0.15) is 39.0 Å². The molecule has 0 bridgehead atoms. The van der Waals surface area contributed by atoms with Crippen molar-refractivity contribution in [2.24, 2.45) is 5.92 Å². The van der Waals surface area contributed by atoms with Crippen molar-refractivity contribution in [2.45, 2.75) is 51.5 Å². The molecule has 1 rings (SSSR count). The number of rotatable bonds is 4. The lowest BCUT2D eigenvalue weighted by Gasteiger charge is -2.23. The summed E-state index contributed by atoms with van der Waals surface area (Å²) in [5.74, 6) is 0.634. The van der Waals surface area contributed by atoms with Gasteiger partial charge in [0.15, 0.2) is 0 Å². The molecule has 0 aromatic rings. The van der Waals surface area contributed by atoms with Crippen LogP contribution in [0.15, 0.2) is 0 Å². The lowest BCUT2D eigenvalue weighted by Crippen LogP contribution is -2.36. The zero-order chi connectivity index (χ0) is 9.68. The molecule has 1 nitrogen and oxygen atoms in total. The molecular weight excluding hydrogens is 172 g/mol. The Bertz CT molecular complexity index is 133. The van der Waals surface area contributed by atoms with Crippen molar-refractivity contribution in [3.05, 3.63) is 0 Å². The molecule has 1 saturated carbocycles. The molecule has 1 aliphatic rings. The minimum Gasteiger partial charge on any atom is -0.309 e. The summed E-state index contributed by atoms with van der Waals surface area (Å²) in [6, 6.07) is -0.651. The van der Waals surface area contributed by atoms with E-state index in [1.807, 2.05) is 0 Å². The zero-order valence-electron chi connectivity index (χ0n) is 8.23. The molecule has 1 atom stereocenters. The molecule has 1 aliphatic carbocycles.